The van der Waals surface area contributed by atoms with Gasteiger partial charge < -0.3 is 9.47 Å². The lowest BCUT2D eigenvalue weighted by atomic mass is 10.0. The number of carbonyl (C=O) groups is 1. The third-order valence-corrected chi connectivity index (χ3v) is 4.93. The van der Waals surface area contributed by atoms with Gasteiger partial charge in [0.15, 0.2) is 12.4 Å². The molecule has 0 spiro atoms. The van der Waals surface area contributed by atoms with Crippen LogP contribution in [-0.2, 0) is 4.79 Å². The van der Waals surface area contributed by atoms with Crippen LogP contribution in [0.4, 0.5) is 5.69 Å². The molecule has 154 valence electrons. The van der Waals surface area contributed by atoms with Crippen LogP contribution in [0.3, 0.4) is 0 Å². The monoisotopic (exact) mass is 463 g/mol. The fraction of sp³-hybridized carbons (Fsp3) is 0.300. The van der Waals surface area contributed by atoms with Crippen molar-refractivity contribution in [3.8, 4) is 11.5 Å². The van der Waals surface area contributed by atoms with E-state index in [0.717, 1.165) is 15.6 Å². The second-order valence-electron chi connectivity index (χ2n) is 6.56. The molecule has 2 rings (SSSR count). The number of hydrogen-bond acceptors (Lipinski definition) is 6. The second kappa shape index (κ2) is 10.0. The summed E-state index contributed by atoms with van der Waals surface area (Å²) in [5, 5.41) is 14.9. The molecule has 2 aromatic carbocycles. The number of ether oxygens (including phenoxy) is 2. The Morgan fingerprint density at radius 3 is 2.66 bits per heavy atom. The van der Waals surface area contributed by atoms with Gasteiger partial charge in [-0.15, -0.1) is 0 Å². The summed E-state index contributed by atoms with van der Waals surface area (Å²) in [5.41, 5.74) is 4.61. The summed E-state index contributed by atoms with van der Waals surface area (Å²) in [6.45, 7) is 5.82. The quantitative estimate of drug-likeness (QED) is 0.356. The van der Waals surface area contributed by atoms with Gasteiger partial charge in [-0.05, 0) is 48.2 Å². The van der Waals surface area contributed by atoms with E-state index in [2.05, 4.69) is 26.5 Å². The molecule has 9 heteroatoms. The fourth-order valence-electron chi connectivity index (χ4n) is 2.53. The van der Waals surface area contributed by atoms with Crippen molar-refractivity contribution in [1.29, 1.82) is 0 Å². The Hall–Kier alpha value is -2.94. The van der Waals surface area contributed by atoms with Crippen LogP contribution >= 0.6 is 15.9 Å². The van der Waals surface area contributed by atoms with Crippen LogP contribution in [0, 0.1) is 17.0 Å². The summed E-state index contributed by atoms with van der Waals surface area (Å²) in [7, 11) is 1.36. The van der Waals surface area contributed by atoms with Crippen LogP contribution < -0.4 is 14.9 Å². The van der Waals surface area contributed by atoms with Gasteiger partial charge in [0.1, 0.15) is 5.75 Å². The SMILES string of the molecule is COc1ccc(/C=N/NC(=O)COc2cc(C)c(Br)cc2C(C)C)cc1[N+](=O)[O-]. The summed E-state index contributed by atoms with van der Waals surface area (Å²) in [5.74, 6) is 0.578. The lowest BCUT2D eigenvalue weighted by molar-refractivity contribution is -0.385. The van der Waals surface area contributed by atoms with Crippen molar-refractivity contribution in [1.82, 2.24) is 5.43 Å². The molecule has 0 saturated carbocycles. The Labute approximate surface area is 177 Å². The molecule has 1 N–H and O–H groups in total. The lowest BCUT2D eigenvalue weighted by Crippen LogP contribution is -2.25. The predicted molar refractivity (Wildman–Crippen MR) is 114 cm³/mol. The molecule has 0 aliphatic heterocycles. The van der Waals surface area contributed by atoms with Gasteiger partial charge in [-0.2, -0.15) is 5.10 Å². The Kier molecular flexibility index (Phi) is 7.72. The first-order valence-corrected chi connectivity index (χ1v) is 9.59. The van der Waals surface area contributed by atoms with E-state index in [1.54, 1.807) is 6.07 Å². The number of carbonyl (C=O) groups excluding carboxylic acids is 1. The highest BCUT2D eigenvalue weighted by Crippen LogP contribution is 2.32. The van der Waals surface area contributed by atoms with E-state index >= 15 is 0 Å². The number of halogens is 1. The average Bonchev–Trinajstić information content (AvgIpc) is 2.68. The summed E-state index contributed by atoms with van der Waals surface area (Å²) < 4.78 is 11.6. The summed E-state index contributed by atoms with van der Waals surface area (Å²) >= 11 is 3.50. The summed E-state index contributed by atoms with van der Waals surface area (Å²) in [6, 6.07) is 8.24. The topological polar surface area (TPSA) is 103 Å². The van der Waals surface area contributed by atoms with Crippen molar-refractivity contribution in [2.75, 3.05) is 13.7 Å². The molecule has 0 atom stereocenters. The van der Waals surface area contributed by atoms with Gasteiger partial charge in [0.05, 0.1) is 18.2 Å². The molecule has 29 heavy (non-hydrogen) atoms. The van der Waals surface area contributed by atoms with E-state index < -0.39 is 10.8 Å². The van der Waals surface area contributed by atoms with Gasteiger partial charge in [0, 0.05) is 16.1 Å². The number of hydrazone groups is 1. The normalized spacial score (nSPS) is 11.0. The number of rotatable bonds is 8. The van der Waals surface area contributed by atoms with E-state index in [0.29, 0.717) is 11.3 Å². The first-order valence-electron chi connectivity index (χ1n) is 8.80. The first kappa shape index (κ1) is 22.4. The van der Waals surface area contributed by atoms with Gasteiger partial charge in [-0.25, -0.2) is 5.43 Å². The molecule has 0 aliphatic rings. The fourth-order valence-corrected chi connectivity index (χ4v) is 2.89. The minimum Gasteiger partial charge on any atom is -0.490 e. The molecule has 0 radical (unpaired) electrons. The number of hydrogen-bond donors (Lipinski definition) is 1. The maximum atomic E-state index is 12.0. The standard InChI is InChI=1S/C20H22BrN3O5/c1-12(2)15-9-16(21)13(3)7-19(15)29-11-20(25)23-22-10-14-5-6-18(28-4)17(8-14)24(26)27/h5-10,12H,11H2,1-4H3,(H,23,25)/b22-10+. The van der Waals surface area contributed by atoms with E-state index in [1.807, 2.05) is 32.9 Å². The van der Waals surface area contributed by atoms with Crippen molar-refractivity contribution in [2.45, 2.75) is 26.7 Å². The van der Waals surface area contributed by atoms with Crippen molar-refractivity contribution >= 4 is 33.7 Å². The minimum absolute atomic E-state index is 0.148. The van der Waals surface area contributed by atoms with E-state index in [4.69, 9.17) is 9.47 Å². The molecule has 0 bridgehead atoms. The number of aryl methyl sites for hydroxylation is 1. The third kappa shape index (κ3) is 6.02. The van der Waals surface area contributed by atoms with Crippen molar-refractivity contribution in [2.24, 2.45) is 5.10 Å². The number of nitro groups is 1. The maximum Gasteiger partial charge on any atom is 0.311 e. The molecule has 0 unspecified atom stereocenters. The zero-order valence-corrected chi connectivity index (χ0v) is 18.1. The van der Waals surface area contributed by atoms with Gasteiger partial charge in [-0.3, -0.25) is 14.9 Å². The van der Waals surface area contributed by atoms with Crippen LogP contribution in [-0.4, -0.2) is 30.8 Å². The molecule has 0 heterocycles. The molecular formula is C20H22BrN3O5. The maximum absolute atomic E-state index is 12.0. The minimum atomic E-state index is -0.547. The van der Waals surface area contributed by atoms with E-state index in [1.165, 1.54) is 25.5 Å². The molecule has 0 aromatic heterocycles. The number of methoxy groups -OCH3 is 1. The Balaban J connectivity index is 2.00. The smallest absolute Gasteiger partial charge is 0.311 e. The first-order chi connectivity index (χ1) is 13.7. The van der Waals surface area contributed by atoms with Crippen LogP contribution in [0.1, 0.15) is 36.5 Å². The summed E-state index contributed by atoms with van der Waals surface area (Å²) in [4.78, 5) is 22.5. The highest BCUT2D eigenvalue weighted by molar-refractivity contribution is 9.10. The molecule has 0 fully saturated rings. The van der Waals surface area contributed by atoms with Crippen LogP contribution in [0.5, 0.6) is 11.5 Å². The van der Waals surface area contributed by atoms with Gasteiger partial charge in [-0.1, -0.05) is 29.8 Å². The van der Waals surface area contributed by atoms with Crippen LogP contribution in [0.25, 0.3) is 0 Å². The number of nitrogens with zero attached hydrogens (tertiary/aromatic N) is 2. The molecule has 1 amide bonds. The summed E-state index contributed by atoms with van der Waals surface area (Å²) in [6.07, 6.45) is 1.31. The number of benzene rings is 2. The van der Waals surface area contributed by atoms with Crippen LogP contribution in [0.2, 0.25) is 0 Å². The number of amides is 1. The van der Waals surface area contributed by atoms with Crippen LogP contribution in [0.15, 0.2) is 39.9 Å². The molecule has 0 saturated heterocycles. The largest absolute Gasteiger partial charge is 0.490 e. The third-order valence-electron chi connectivity index (χ3n) is 4.07. The predicted octanol–water partition coefficient (Wildman–Crippen LogP) is 4.33. The van der Waals surface area contributed by atoms with Crippen molar-refractivity contribution < 1.29 is 19.2 Å². The lowest BCUT2D eigenvalue weighted by Gasteiger charge is -2.15. The molecule has 0 aliphatic carbocycles. The Morgan fingerprint density at radius 2 is 2.03 bits per heavy atom. The second-order valence-corrected chi connectivity index (χ2v) is 7.42. The van der Waals surface area contributed by atoms with Gasteiger partial charge >= 0.3 is 5.69 Å². The Morgan fingerprint density at radius 1 is 1.31 bits per heavy atom. The highest BCUT2D eigenvalue weighted by atomic mass is 79.9. The van der Waals surface area contributed by atoms with Crippen molar-refractivity contribution in [3.05, 3.63) is 61.6 Å². The van der Waals surface area contributed by atoms with Crippen molar-refractivity contribution in [3.63, 3.8) is 0 Å². The van der Waals surface area contributed by atoms with Gasteiger partial charge in [0.2, 0.25) is 0 Å². The zero-order valence-electron chi connectivity index (χ0n) is 16.6. The molecule has 2 aromatic rings. The number of nitrogens with one attached hydrogen (secondary N) is 1. The van der Waals surface area contributed by atoms with E-state index in [-0.39, 0.29) is 24.0 Å². The molecular weight excluding hydrogens is 442 g/mol. The van der Waals surface area contributed by atoms with Gasteiger partial charge in [0.25, 0.3) is 5.91 Å². The van der Waals surface area contributed by atoms with E-state index in [9.17, 15) is 14.9 Å². The average molecular weight is 464 g/mol. The zero-order chi connectivity index (χ0) is 21.6. The number of nitro benzene ring substituents is 1. The highest BCUT2D eigenvalue weighted by Gasteiger charge is 2.15. The molecule has 8 nitrogen and oxygen atoms in total. The Bertz CT molecular complexity index is 944.